The highest BCUT2D eigenvalue weighted by Gasteiger charge is 2.35. The van der Waals surface area contributed by atoms with Gasteiger partial charge in [-0.1, -0.05) is 12.5 Å². The highest BCUT2D eigenvalue weighted by atomic mass is 16.7. The first-order valence-electron chi connectivity index (χ1n) is 10.5. The summed E-state index contributed by atoms with van der Waals surface area (Å²) in [5, 5.41) is 22.5. The summed E-state index contributed by atoms with van der Waals surface area (Å²) in [5.41, 5.74) is 0.955. The normalized spacial score (nSPS) is 24.8. The number of hydrogen-bond donors (Lipinski definition) is 3. The molecule has 0 aliphatic carbocycles. The summed E-state index contributed by atoms with van der Waals surface area (Å²) < 4.78 is 16.2. The lowest BCUT2D eigenvalue weighted by Gasteiger charge is -2.36. The number of rotatable bonds is 10. The summed E-state index contributed by atoms with van der Waals surface area (Å²) in [6.45, 7) is 5.68. The Balaban J connectivity index is 1.67. The molecule has 5 atom stereocenters. The van der Waals surface area contributed by atoms with Crippen molar-refractivity contribution in [2.24, 2.45) is 0 Å². The number of aliphatic hydroxyl groups is 2. The van der Waals surface area contributed by atoms with Crippen LogP contribution in [0.5, 0.6) is 0 Å². The van der Waals surface area contributed by atoms with Gasteiger partial charge >= 0.3 is 5.97 Å². The van der Waals surface area contributed by atoms with Gasteiger partial charge in [-0.15, -0.1) is 0 Å². The molecule has 0 spiro atoms. The van der Waals surface area contributed by atoms with Gasteiger partial charge in [-0.25, -0.2) is 4.79 Å². The summed E-state index contributed by atoms with van der Waals surface area (Å²) in [4.78, 5) is 23.9. The monoisotopic (exact) mass is 423 g/mol. The number of aliphatic hydroxyl groups excluding tert-OH is 2. The van der Waals surface area contributed by atoms with Crippen LogP contribution in [0, 0.1) is 0 Å². The van der Waals surface area contributed by atoms with Crippen LogP contribution in [0.2, 0.25) is 0 Å². The molecule has 1 fully saturated rings. The second-order valence-corrected chi connectivity index (χ2v) is 7.62. The van der Waals surface area contributed by atoms with Crippen molar-refractivity contribution in [2.45, 2.75) is 83.6 Å². The maximum Gasteiger partial charge on any atom is 0.338 e. The molecule has 0 radical (unpaired) electrons. The molecule has 1 aromatic carbocycles. The predicted octanol–water partition coefficient (Wildman–Crippen LogP) is 2.62. The second kappa shape index (κ2) is 12.0. The number of carbonyl (C=O) groups is 2. The van der Waals surface area contributed by atoms with Crippen molar-refractivity contribution in [3.8, 4) is 0 Å². The first-order chi connectivity index (χ1) is 14.3. The van der Waals surface area contributed by atoms with Crippen LogP contribution in [0.1, 0.15) is 63.2 Å². The van der Waals surface area contributed by atoms with Crippen molar-refractivity contribution in [1.82, 2.24) is 0 Å². The number of ether oxygens (including phenoxy) is 3. The van der Waals surface area contributed by atoms with Crippen LogP contribution in [0.25, 0.3) is 0 Å². The lowest BCUT2D eigenvalue weighted by Crippen LogP contribution is -2.48. The van der Waals surface area contributed by atoms with Crippen LogP contribution in [-0.4, -0.2) is 59.4 Å². The van der Waals surface area contributed by atoms with Crippen LogP contribution >= 0.6 is 0 Å². The fourth-order valence-electron chi connectivity index (χ4n) is 3.24. The first-order valence-corrected chi connectivity index (χ1v) is 10.5. The van der Waals surface area contributed by atoms with Crippen LogP contribution in [0.3, 0.4) is 0 Å². The fraction of sp³-hybridized carbons (Fsp3) is 0.636. The summed E-state index contributed by atoms with van der Waals surface area (Å²) in [7, 11) is 0. The van der Waals surface area contributed by atoms with Gasteiger partial charge in [0.25, 0.3) is 0 Å². The van der Waals surface area contributed by atoms with E-state index < -0.39 is 24.5 Å². The van der Waals surface area contributed by atoms with Gasteiger partial charge < -0.3 is 29.7 Å². The number of anilines is 1. The van der Waals surface area contributed by atoms with Crippen molar-refractivity contribution in [3.63, 3.8) is 0 Å². The molecule has 8 nitrogen and oxygen atoms in total. The van der Waals surface area contributed by atoms with Gasteiger partial charge in [-0.3, -0.25) is 4.79 Å². The molecule has 0 aromatic heterocycles. The maximum atomic E-state index is 12.2. The fourth-order valence-corrected chi connectivity index (χ4v) is 3.24. The summed E-state index contributed by atoms with van der Waals surface area (Å²) in [6.07, 6.45) is -0.0468. The van der Waals surface area contributed by atoms with Gasteiger partial charge in [0.05, 0.1) is 30.5 Å². The molecule has 1 amide bonds. The van der Waals surface area contributed by atoms with E-state index in [2.05, 4.69) is 5.32 Å². The third kappa shape index (κ3) is 7.68. The van der Waals surface area contributed by atoms with Crippen LogP contribution in [0.15, 0.2) is 24.3 Å². The molecule has 168 valence electrons. The lowest BCUT2D eigenvalue weighted by atomic mass is 10.0. The molecule has 8 heteroatoms. The maximum absolute atomic E-state index is 12.2. The minimum Gasteiger partial charge on any atom is -0.462 e. The second-order valence-electron chi connectivity index (χ2n) is 7.62. The van der Waals surface area contributed by atoms with Gasteiger partial charge in [-0.2, -0.15) is 0 Å². The Morgan fingerprint density at radius 2 is 2.03 bits per heavy atom. The minimum atomic E-state index is -0.852. The molecule has 0 bridgehead atoms. The molecule has 1 aliphatic heterocycles. The molecule has 3 N–H and O–H groups in total. The van der Waals surface area contributed by atoms with E-state index in [0.717, 1.165) is 12.8 Å². The van der Waals surface area contributed by atoms with E-state index in [1.165, 1.54) is 0 Å². The average molecular weight is 424 g/mol. The van der Waals surface area contributed by atoms with E-state index in [0.29, 0.717) is 30.7 Å². The summed E-state index contributed by atoms with van der Waals surface area (Å²) in [6, 6.07) is 6.66. The first kappa shape index (κ1) is 24.3. The molecule has 0 saturated carbocycles. The molecule has 1 aliphatic rings. The molecule has 1 heterocycles. The van der Waals surface area contributed by atoms with Crippen LogP contribution < -0.4 is 5.32 Å². The Kier molecular flexibility index (Phi) is 9.71. The van der Waals surface area contributed by atoms with Crippen molar-refractivity contribution in [3.05, 3.63) is 29.8 Å². The molecule has 1 saturated heterocycles. The topological polar surface area (TPSA) is 114 Å². The molecular formula is C22H33NO7. The van der Waals surface area contributed by atoms with E-state index in [1.807, 2.05) is 6.92 Å². The lowest BCUT2D eigenvalue weighted by molar-refractivity contribution is -0.273. The number of nitrogens with one attached hydrogen (secondary N) is 1. The Hall–Kier alpha value is -2.00. The Labute approximate surface area is 177 Å². The van der Waals surface area contributed by atoms with Gasteiger partial charge in [0, 0.05) is 18.5 Å². The Bertz CT molecular complexity index is 696. The minimum absolute atomic E-state index is 0.126. The molecule has 1 aromatic rings. The largest absolute Gasteiger partial charge is 0.462 e. The number of hydrogen-bond acceptors (Lipinski definition) is 7. The number of benzene rings is 1. The smallest absolute Gasteiger partial charge is 0.338 e. The third-order valence-corrected chi connectivity index (χ3v) is 4.98. The quantitative estimate of drug-likeness (QED) is 0.391. The zero-order valence-corrected chi connectivity index (χ0v) is 17.9. The van der Waals surface area contributed by atoms with Crippen molar-refractivity contribution in [1.29, 1.82) is 0 Å². The van der Waals surface area contributed by atoms with Gasteiger partial charge in [0.15, 0.2) is 6.29 Å². The van der Waals surface area contributed by atoms with E-state index in [4.69, 9.17) is 14.2 Å². The predicted molar refractivity (Wildman–Crippen MR) is 111 cm³/mol. The average Bonchev–Trinajstić information content (AvgIpc) is 2.70. The number of unbranched alkanes of at least 4 members (excludes halogenated alkanes) is 1. The number of carbonyl (C=O) groups excluding carboxylic acids is 2. The van der Waals surface area contributed by atoms with Gasteiger partial charge in [-0.05, 0) is 51.8 Å². The van der Waals surface area contributed by atoms with E-state index in [9.17, 15) is 19.8 Å². The van der Waals surface area contributed by atoms with E-state index >= 15 is 0 Å². The van der Waals surface area contributed by atoms with Crippen molar-refractivity contribution >= 4 is 17.6 Å². The highest BCUT2D eigenvalue weighted by Crippen LogP contribution is 2.23. The van der Waals surface area contributed by atoms with E-state index in [1.54, 1.807) is 38.1 Å². The summed E-state index contributed by atoms with van der Waals surface area (Å²) in [5.74, 6) is -0.544. The number of esters is 1. The molecular weight excluding hydrogens is 390 g/mol. The molecule has 2 rings (SSSR count). The SMILES string of the molecule is CCOC(=O)c1cccc(NC(=O)CCCCC(C)O[C@@H]2O[C@@H](C)[C@H](O)C[C@H]2O)c1. The van der Waals surface area contributed by atoms with Crippen LogP contribution in [0.4, 0.5) is 5.69 Å². The zero-order valence-electron chi connectivity index (χ0n) is 17.9. The van der Waals surface area contributed by atoms with Crippen LogP contribution in [-0.2, 0) is 19.0 Å². The standard InChI is InChI=1S/C22H33NO7/c1-4-28-21(27)16-9-7-10-17(12-16)23-20(26)11-6-5-8-14(2)29-22-19(25)13-18(24)15(3)30-22/h7,9-10,12,14-15,18-19,22,24-25H,4-6,8,11,13H2,1-3H3,(H,23,26)/t14?,15-,18+,19+,22+/m0/s1. The summed E-state index contributed by atoms with van der Waals surface area (Å²) >= 11 is 0. The van der Waals surface area contributed by atoms with E-state index in [-0.39, 0.29) is 24.5 Å². The van der Waals surface area contributed by atoms with Gasteiger partial charge in [0.1, 0.15) is 6.10 Å². The molecule has 1 unspecified atom stereocenters. The number of amides is 1. The van der Waals surface area contributed by atoms with Crippen molar-refractivity contribution in [2.75, 3.05) is 11.9 Å². The van der Waals surface area contributed by atoms with Gasteiger partial charge in [0.2, 0.25) is 5.91 Å². The zero-order chi connectivity index (χ0) is 22.1. The highest BCUT2D eigenvalue weighted by molar-refractivity contribution is 5.94. The van der Waals surface area contributed by atoms with Crippen molar-refractivity contribution < 1.29 is 34.0 Å². The Morgan fingerprint density at radius 1 is 1.27 bits per heavy atom. The Morgan fingerprint density at radius 3 is 2.77 bits per heavy atom. The molecule has 30 heavy (non-hydrogen) atoms. The third-order valence-electron chi connectivity index (χ3n) is 4.98.